The van der Waals surface area contributed by atoms with Crippen molar-refractivity contribution >= 4 is 46.6 Å². The minimum absolute atomic E-state index is 0.115. The Morgan fingerprint density at radius 3 is 2.62 bits per heavy atom. The quantitative estimate of drug-likeness (QED) is 0.513. The molecule has 0 aliphatic carbocycles. The lowest BCUT2D eigenvalue weighted by Gasteiger charge is -2.24. The SMILES string of the molecule is CCOC(=O)C1=C(C)N=c2sc(=Cc3c(F)cccc3Cl)c(=O)n2C1c1ccc(Cl)cc1. The number of aromatic nitrogens is 1. The number of thiazole rings is 1. The molecule has 1 unspecified atom stereocenters. The number of fused-ring (bicyclic) bond motifs is 1. The van der Waals surface area contributed by atoms with Crippen LogP contribution in [0, 0.1) is 5.82 Å². The molecule has 0 saturated heterocycles. The molecule has 2 aromatic carbocycles. The molecule has 0 bridgehead atoms. The van der Waals surface area contributed by atoms with Gasteiger partial charge >= 0.3 is 5.97 Å². The molecule has 1 atom stereocenters. The third-order valence-corrected chi connectivity index (χ3v) is 6.54. The van der Waals surface area contributed by atoms with E-state index in [1.165, 1.54) is 22.8 Å². The second-order valence-electron chi connectivity index (χ2n) is 6.99. The zero-order valence-corrected chi connectivity index (χ0v) is 19.4. The number of halogens is 3. The third-order valence-electron chi connectivity index (χ3n) is 4.98. The van der Waals surface area contributed by atoms with Gasteiger partial charge in [0.05, 0.1) is 33.5 Å². The van der Waals surface area contributed by atoms with Crippen molar-refractivity contribution in [3.05, 3.63) is 100 Å². The Labute approximate surface area is 196 Å². The monoisotopic (exact) mass is 490 g/mol. The average Bonchev–Trinajstić information content (AvgIpc) is 3.05. The van der Waals surface area contributed by atoms with E-state index in [2.05, 4.69) is 4.99 Å². The lowest BCUT2D eigenvalue weighted by Crippen LogP contribution is -2.39. The molecule has 32 heavy (non-hydrogen) atoms. The Morgan fingerprint density at radius 1 is 1.25 bits per heavy atom. The molecular formula is C23H17Cl2FN2O3S. The summed E-state index contributed by atoms with van der Waals surface area (Å²) in [6.45, 7) is 3.58. The molecule has 164 valence electrons. The number of nitrogens with zero attached hydrogens (tertiary/aromatic N) is 2. The van der Waals surface area contributed by atoms with Crippen LogP contribution in [0.25, 0.3) is 6.08 Å². The maximum atomic E-state index is 14.3. The van der Waals surface area contributed by atoms with E-state index >= 15 is 0 Å². The minimum Gasteiger partial charge on any atom is -0.463 e. The fourth-order valence-corrected chi connectivity index (χ4v) is 4.90. The number of carbonyl (C=O) groups is 1. The molecule has 5 nitrogen and oxygen atoms in total. The zero-order valence-electron chi connectivity index (χ0n) is 17.1. The standard InChI is InChI=1S/C23H17Cl2FN2O3S/c1-3-31-22(30)19-12(2)27-23-28(20(19)13-7-9-14(24)10-8-13)21(29)18(32-23)11-15-16(25)5-4-6-17(15)26/h4-11,20H,3H2,1-2H3. The van der Waals surface area contributed by atoms with Crippen LogP contribution in [0.15, 0.2) is 63.5 Å². The van der Waals surface area contributed by atoms with Gasteiger partial charge < -0.3 is 4.74 Å². The summed E-state index contributed by atoms with van der Waals surface area (Å²) in [7, 11) is 0. The van der Waals surface area contributed by atoms with E-state index < -0.39 is 23.4 Å². The molecule has 1 aliphatic heterocycles. The van der Waals surface area contributed by atoms with Crippen LogP contribution in [0.3, 0.4) is 0 Å². The zero-order chi connectivity index (χ0) is 23.0. The van der Waals surface area contributed by atoms with E-state index in [0.29, 0.717) is 21.1 Å². The summed E-state index contributed by atoms with van der Waals surface area (Å²) >= 11 is 13.3. The van der Waals surface area contributed by atoms with Gasteiger partial charge in [0.15, 0.2) is 4.80 Å². The van der Waals surface area contributed by atoms with Crippen molar-refractivity contribution in [2.75, 3.05) is 6.61 Å². The molecule has 1 aromatic heterocycles. The lowest BCUT2D eigenvalue weighted by atomic mass is 9.96. The van der Waals surface area contributed by atoms with Crippen LogP contribution < -0.4 is 14.9 Å². The van der Waals surface area contributed by atoms with Crippen LogP contribution in [0.4, 0.5) is 4.39 Å². The molecule has 4 rings (SSSR count). The molecule has 0 amide bonds. The van der Waals surface area contributed by atoms with Crippen molar-refractivity contribution in [2.24, 2.45) is 4.99 Å². The van der Waals surface area contributed by atoms with Crippen molar-refractivity contribution < 1.29 is 13.9 Å². The number of esters is 1. The van der Waals surface area contributed by atoms with Crippen molar-refractivity contribution in [3.63, 3.8) is 0 Å². The van der Waals surface area contributed by atoms with Crippen LogP contribution in [0.5, 0.6) is 0 Å². The predicted molar refractivity (Wildman–Crippen MR) is 123 cm³/mol. The maximum Gasteiger partial charge on any atom is 0.338 e. The van der Waals surface area contributed by atoms with Crippen LogP contribution >= 0.6 is 34.5 Å². The van der Waals surface area contributed by atoms with Crippen molar-refractivity contribution in [2.45, 2.75) is 19.9 Å². The number of carbonyl (C=O) groups excluding carboxylic acids is 1. The Bertz CT molecular complexity index is 1400. The third kappa shape index (κ3) is 4.03. The molecule has 0 radical (unpaired) electrons. The first-order valence-electron chi connectivity index (χ1n) is 9.71. The van der Waals surface area contributed by atoms with Crippen LogP contribution in [-0.2, 0) is 9.53 Å². The van der Waals surface area contributed by atoms with Gasteiger partial charge in [-0.25, -0.2) is 14.2 Å². The normalized spacial score (nSPS) is 16.0. The highest BCUT2D eigenvalue weighted by atomic mass is 35.5. The molecular weight excluding hydrogens is 474 g/mol. The predicted octanol–water partition coefficient (Wildman–Crippen LogP) is 4.24. The smallest absolute Gasteiger partial charge is 0.338 e. The summed E-state index contributed by atoms with van der Waals surface area (Å²) in [5.74, 6) is -1.10. The summed E-state index contributed by atoms with van der Waals surface area (Å²) in [4.78, 5) is 31.1. The van der Waals surface area contributed by atoms with Gasteiger partial charge in [0.2, 0.25) is 0 Å². The van der Waals surface area contributed by atoms with E-state index in [1.54, 1.807) is 44.2 Å². The number of rotatable bonds is 4. The van der Waals surface area contributed by atoms with Gasteiger partial charge in [-0.2, -0.15) is 0 Å². The number of benzene rings is 2. The highest BCUT2D eigenvalue weighted by Gasteiger charge is 2.33. The summed E-state index contributed by atoms with van der Waals surface area (Å²) in [5, 5.41) is 0.710. The average molecular weight is 491 g/mol. The van der Waals surface area contributed by atoms with Gasteiger partial charge in [0, 0.05) is 10.6 Å². The second-order valence-corrected chi connectivity index (χ2v) is 8.84. The van der Waals surface area contributed by atoms with Crippen molar-refractivity contribution in [1.82, 2.24) is 4.57 Å². The summed E-state index contributed by atoms with van der Waals surface area (Å²) < 4.78 is 21.2. The Morgan fingerprint density at radius 2 is 1.97 bits per heavy atom. The summed E-state index contributed by atoms with van der Waals surface area (Å²) in [5.41, 5.74) is 1.08. The first-order valence-corrected chi connectivity index (χ1v) is 11.3. The van der Waals surface area contributed by atoms with Crippen molar-refractivity contribution in [3.8, 4) is 0 Å². The van der Waals surface area contributed by atoms with Gasteiger partial charge in [0.1, 0.15) is 5.82 Å². The molecule has 3 aromatic rings. The van der Waals surface area contributed by atoms with E-state index in [1.807, 2.05) is 0 Å². The van der Waals surface area contributed by atoms with Gasteiger partial charge in [-0.1, -0.05) is 52.7 Å². The van der Waals surface area contributed by atoms with E-state index in [4.69, 9.17) is 27.9 Å². The molecule has 1 aliphatic rings. The van der Waals surface area contributed by atoms with E-state index in [-0.39, 0.29) is 27.3 Å². The highest BCUT2D eigenvalue weighted by molar-refractivity contribution is 7.07. The van der Waals surface area contributed by atoms with Crippen LogP contribution in [-0.4, -0.2) is 17.1 Å². The van der Waals surface area contributed by atoms with E-state index in [0.717, 1.165) is 11.3 Å². The van der Waals surface area contributed by atoms with Gasteiger partial charge in [-0.3, -0.25) is 9.36 Å². The second kappa shape index (κ2) is 9.02. The fourth-order valence-electron chi connectivity index (χ4n) is 3.53. The van der Waals surface area contributed by atoms with Gasteiger partial charge in [-0.05, 0) is 49.8 Å². The Balaban J connectivity index is 1.99. The lowest BCUT2D eigenvalue weighted by molar-refractivity contribution is -0.139. The van der Waals surface area contributed by atoms with E-state index in [9.17, 15) is 14.0 Å². The summed E-state index contributed by atoms with van der Waals surface area (Å²) in [6.07, 6.45) is 1.41. The first-order chi connectivity index (χ1) is 15.3. The minimum atomic E-state index is -0.763. The van der Waals surface area contributed by atoms with Crippen LogP contribution in [0.2, 0.25) is 10.0 Å². The Kier molecular flexibility index (Phi) is 6.33. The number of ether oxygens (including phenoxy) is 1. The molecule has 0 N–H and O–H groups in total. The number of hydrogen-bond donors (Lipinski definition) is 0. The summed E-state index contributed by atoms with van der Waals surface area (Å²) in [6, 6.07) is 10.4. The highest BCUT2D eigenvalue weighted by Crippen LogP contribution is 2.31. The number of hydrogen-bond acceptors (Lipinski definition) is 5. The van der Waals surface area contributed by atoms with Crippen molar-refractivity contribution in [1.29, 1.82) is 0 Å². The fraction of sp³-hybridized carbons (Fsp3) is 0.174. The number of allylic oxidation sites excluding steroid dienone is 1. The molecule has 2 heterocycles. The molecule has 9 heteroatoms. The Hall–Kier alpha value is -2.74. The molecule has 0 spiro atoms. The topological polar surface area (TPSA) is 60.7 Å². The largest absolute Gasteiger partial charge is 0.463 e. The van der Waals surface area contributed by atoms with Crippen LogP contribution in [0.1, 0.15) is 31.0 Å². The molecule has 0 fully saturated rings. The maximum absolute atomic E-state index is 14.3. The first kappa shape index (κ1) is 22.5. The van der Waals surface area contributed by atoms with Gasteiger partial charge in [-0.15, -0.1) is 0 Å². The van der Waals surface area contributed by atoms with Gasteiger partial charge in [0.25, 0.3) is 5.56 Å². The molecule has 0 saturated carbocycles.